The molecule has 4 nitrogen and oxygen atoms in total. The lowest BCUT2D eigenvalue weighted by atomic mass is 9.93. The minimum atomic E-state index is -0.396. The number of allylic oxidation sites excluding steroid dienone is 7. The van der Waals surface area contributed by atoms with Gasteiger partial charge < -0.3 is 4.74 Å². The average molecular weight is 260 g/mol. The first-order valence-electron chi connectivity index (χ1n) is 5.88. The Bertz CT molecular complexity index is 530. The van der Waals surface area contributed by atoms with E-state index in [1.54, 1.807) is 18.2 Å². The monoisotopic (exact) mass is 260 g/mol. The fourth-order valence-corrected chi connectivity index (χ4v) is 1.66. The molecule has 1 aliphatic rings. The van der Waals surface area contributed by atoms with Gasteiger partial charge in [0, 0.05) is 17.6 Å². The number of carbonyl (C=O) groups excluding carboxylic acids is 3. The number of Topliss-reactive ketones (excluding diaryl/α,β-unsaturated/α-hetero) is 1. The van der Waals surface area contributed by atoms with Gasteiger partial charge in [0.25, 0.3) is 0 Å². The predicted octanol–water partition coefficient (Wildman–Crippen LogP) is 2.08. The van der Waals surface area contributed by atoms with Crippen LogP contribution in [0.3, 0.4) is 0 Å². The highest BCUT2D eigenvalue weighted by Gasteiger charge is 2.27. The third-order valence-corrected chi connectivity index (χ3v) is 2.67. The van der Waals surface area contributed by atoms with Gasteiger partial charge in [-0.15, -0.1) is 0 Å². The molecule has 0 radical (unpaired) electrons. The van der Waals surface area contributed by atoms with Crippen LogP contribution in [0, 0.1) is 0 Å². The predicted molar refractivity (Wildman–Crippen MR) is 71.4 cm³/mol. The molecule has 19 heavy (non-hydrogen) atoms. The van der Waals surface area contributed by atoms with E-state index in [0.717, 1.165) is 0 Å². The van der Waals surface area contributed by atoms with Crippen LogP contribution in [0.4, 0.5) is 0 Å². The van der Waals surface area contributed by atoms with E-state index < -0.39 is 5.78 Å². The molecule has 1 rings (SSSR count). The highest BCUT2D eigenvalue weighted by Crippen LogP contribution is 2.21. The second kappa shape index (κ2) is 6.64. The second-order valence-corrected chi connectivity index (χ2v) is 4.05. The maximum absolute atomic E-state index is 12.0. The van der Waals surface area contributed by atoms with Gasteiger partial charge in [0.05, 0.1) is 7.11 Å². The van der Waals surface area contributed by atoms with Gasteiger partial charge in [0.1, 0.15) is 0 Å². The highest BCUT2D eigenvalue weighted by molar-refractivity contribution is 6.23. The van der Waals surface area contributed by atoms with Crippen molar-refractivity contribution in [1.29, 1.82) is 0 Å². The molecule has 0 amide bonds. The third-order valence-electron chi connectivity index (χ3n) is 2.67. The van der Waals surface area contributed by atoms with Gasteiger partial charge in [-0.3, -0.25) is 14.4 Å². The first-order chi connectivity index (χ1) is 9.01. The van der Waals surface area contributed by atoms with E-state index in [9.17, 15) is 14.4 Å². The fraction of sp³-hybridized carbons (Fsp3) is 0.267. The van der Waals surface area contributed by atoms with Crippen molar-refractivity contribution in [2.45, 2.75) is 20.3 Å². The van der Waals surface area contributed by atoms with Crippen LogP contribution in [-0.4, -0.2) is 24.5 Å². The second-order valence-electron chi connectivity index (χ2n) is 4.05. The fourth-order valence-electron chi connectivity index (χ4n) is 1.66. The summed E-state index contributed by atoms with van der Waals surface area (Å²) < 4.78 is 4.92. The molecular weight excluding hydrogens is 244 g/mol. The van der Waals surface area contributed by atoms with Crippen LogP contribution < -0.4 is 0 Å². The Labute approximate surface area is 112 Å². The van der Waals surface area contributed by atoms with Gasteiger partial charge in [0.2, 0.25) is 5.78 Å². The molecule has 4 heteroatoms. The van der Waals surface area contributed by atoms with Crippen LogP contribution in [0.5, 0.6) is 0 Å². The van der Waals surface area contributed by atoms with E-state index >= 15 is 0 Å². The van der Waals surface area contributed by atoms with Crippen molar-refractivity contribution in [2.24, 2.45) is 0 Å². The van der Waals surface area contributed by atoms with Crippen molar-refractivity contribution >= 4 is 17.3 Å². The molecule has 100 valence electrons. The molecule has 0 N–H and O–H groups in total. The van der Waals surface area contributed by atoms with E-state index in [2.05, 4.69) is 0 Å². The van der Waals surface area contributed by atoms with E-state index in [0.29, 0.717) is 0 Å². The van der Waals surface area contributed by atoms with Gasteiger partial charge in [-0.25, -0.2) is 0 Å². The summed E-state index contributed by atoms with van der Waals surface area (Å²) in [7, 11) is 1.33. The summed E-state index contributed by atoms with van der Waals surface area (Å²) >= 11 is 0. The number of carbonyl (C=O) groups is 3. The van der Waals surface area contributed by atoms with Crippen LogP contribution in [0.2, 0.25) is 0 Å². The summed E-state index contributed by atoms with van der Waals surface area (Å²) in [6.07, 6.45) is 7.57. The Balaban J connectivity index is 2.86. The van der Waals surface area contributed by atoms with Gasteiger partial charge in [-0.2, -0.15) is 0 Å². The molecule has 0 saturated heterocycles. The Hall–Kier alpha value is -2.23. The molecule has 0 fully saturated rings. The summed E-state index contributed by atoms with van der Waals surface area (Å²) in [5.41, 5.74) is 0.440. The summed E-state index contributed by atoms with van der Waals surface area (Å²) in [4.78, 5) is 35.3. The summed E-state index contributed by atoms with van der Waals surface area (Å²) in [6.45, 7) is 3.36. The van der Waals surface area contributed by atoms with Crippen molar-refractivity contribution in [3.05, 3.63) is 47.3 Å². The molecule has 1 aliphatic carbocycles. The lowest BCUT2D eigenvalue weighted by Gasteiger charge is -2.14. The molecule has 0 atom stereocenters. The van der Waals surface area contributed by atoms with Crippen LogP contribution in [-0.2, 0) is 19.1 Å². The van der Waals surface area contributed by atoms with Crippen LogP contribution in [0.15, 0.2) is 47.3 Å². The number of hydrogen-bond donors (Lipinski definition) is 0. The van der Waals surface area contributed by atoms with Crippen molar-refractivity contribution in [1.82, 2.24) is 0 Å². The zero-order valence-electron chi connectivity index (χ0n) is 11.2. The molecule has 0 aromatic carbocycles. The van der Waals surface area contributed by atoms with Crippen molar-refractivity contribution in [3.63, 3.8) is 0 Å². The average Bonchev–Trinajstić information content (AvgIpc) is 2.37. The summed E-state index contributed by atoms with van der Waals surface area (Å²) in [6, 6.07) is 0. The van der Waals surface area contributed by atoms with Gasteiger partial charge >= 0.3 is 0 Å². The van der Waals surface area contributed by atoms with Crippen molar-refractivity contribution in [2.75, 3.05) is 7.11 Å². The lowest BCUT2D eigenvalue weighted by molar-refractivity contribution is -0.120. The lowest BCUT2D eigenvalue weighted by Crippen LogP contribution is -2.20. The molecule has 0 aromatic heterocycles. The zero-order chi connectivity index (χ0) is 14.4. The normalized spacial score (nSPS) is 16.5. The molecule has 0 aromatic rings. The topological polar surface area (TPSA) is 60.4 Å². The molecule has 0 aliphatic heterocycles. The molecular formula is C15H16O4. The Morgan fingerprint density at radius 2 is 2.00 bits per heavy atom. The molecule has 0 spiro atoms. The van der Waals surface area contributed by atoms with E-state index in [1.807, 2.05) is 6.92 Å². The van der Waals surface area contributed by atoms with Gasteiger partial charge in [-0.1, -0.05) is 18.2 Å². The minimum Gasteiger partial charge on any atom is -0.492 e. The Morgan fingerprint density at radius 3 is 2.58 bits per heavy atom. The number of methoxy groups -OCH3 is 1. The third kappa shape index (κ3) is 3.61. The van der Waals surface area contributed by atoms with E-state index in [-0.39, 0.29) is 34.9 Å². The smallest absolute Gasteiger partial charge is 0.224 e. The molecule has 0 saturated carbocycles. The van der Waals surface area contributed by atoms with Gasteiger partial charge in [0.15, 0.2) is 17.3 Å². The van der Waals surface area contributed by atoms with E-state index in [4.69, 9.17) is 4.74 Å². The zero-order valence-corrected chi connectivity index (χ0v) is 11.2. The Kier molecular flexibility index (Phi) is 5.18. The molecule has 0 bridgehead atoms. The SMILES string of the molecule is C/C=C/C=C/C(=O)CC1=CC(=O)C(C)=C(OC)C1=O. The largest absolute Gasteiger partial charge is 0.492 e. The first-order valence-corrected chi connectivity index (χ1v) is 5.88. The van der Waals surface area contributed by atoms with Crippen molar-refractivity contribution < 1.29 is 19.1 Å². The maximum atomic E-state index is 12.0. The van der Waals surface area contributed by atoms with E-state index in [1.165, 1.54) is 26.2 Å². The summed E-state index contributed by atoms with van der Waals surface area (Å²) in [5.74, 6) is -0.905. The van der Waals surface area contributed by atoms with Crippen molar-refractivity contribution in [3.8, 4) is 0 Å². The minimum absolute atomic E-state index is 0.0210. The Morgan fingerprint density at radius 1 is 1.32 bits per heavy atom. The highest BCUT2D eigenvalue weighted by atomic mass is 16.5. The van der Waals surface area contributed by atoms with Crippen LogP contribution in [0.1, 0.15) is 20.3 Å². The molecule has 0 unspecified atom stereocenters. The van der Waals surface area contributed by atoms with Crippen LogP contribution >= 0.6 is 0 Å². The maximum Gasteiger partial charge on any atom is 0.224 e. The molecule has 0 heterocycles. The number of ether oxygens (including phenoxy) is 1. The summed E-state index contributed by atoms with van der Waals surface area (Å²) in [5, 5.41) is 0. The quantitative estimate of drug-likeness (QED) is 0.431. The standard InChI is InChI=1S/C15H16O4/c1-4-5-6-7-12(16)8-11-9-13(17)10(2)15(19-3)14(11)18/h4-7,9H,8H2,1-3H3/b5-4+,7-6+. The number of ketones is 3. The number of hydrogen-bond acceptors (Lipinski definition) is 4. The first kappa shape index (κ1) is 14.8. The number of rotatable bonds is 5. The van der Waals surface area contributed by atoms with Crippen LogP contribution in [0.25, 0.3) is 0 Å². The van der Waals surface area contributed by atoms with Gasteiger partial charge in [-0.05, 0) is 26.0 Å².